The first kappa shape index (κ1) is 19.4. The first-order valence-corrected chi connectivity index (χ1v) is 9.24. The monoisotopic (exact) mass is 380 g/mol. The number of hydrogen-bond donors (Lipinski definition) is 2. The molecule has 140 valence electrons. The molecule has 0 spiro atoms. The number of carbonyl (C=O) groups excluding carboxylic acids is 1. The Balaban J connectivity index is 0.00000210. The lowest BCUT2D eigenvalue weighted by Gasteiger charge is -2.22. The van der Waals surface area contributed by atoms with Crippen LogP contribution in [0.15, 0.2) is 72.8 Å². The summed E-state index contributed by atoms with van der Waals surface area (Å²) in [4.78, 5) is 13.0. The zero-order valence-electron chi connectivity index (χ0n) is 15.2. The van der Waals surface area contributed by atoms with Crippen LogP contribution in [-0.4, -0.2) is 12.5 Å². The number of nitrogens with one attached hydrogen (secondary N) is 1. The molecular weight excluding hydrogens is 356 g/mol. The van der Waals surface area contributed by atoms with Crippen LogP contribution in [-0.2, 0) is 11.2 Å². The summed E-state index contributed by atoms with van der Waals surface area (Å²) in [5, 5.41) is 5.57. The smallest absolute Gasteiger partial charge is 0.227 e. The Bertz CT molecular complexity index is 922. The van der Waals surface area contributed by atoms with Gasteiger partial charge in [0.15, 0.2) is 0 Å². The number of nitrogens with two attached hydrogens (primary N) is 1. The van der Waals surface area contributed by atoms with Gasteiger partial charge in [-0.1, -0.05) is 66.7 Å². The maximum absolute atomic E-state index is 13.0. The van der Waals surface area contributed by atoms with Crippen LogP contribution >= 0.6 is 12.4 Å². The average Bonchev–Trinajstić information content (AvgIpc) is 3.47. The topological polar surface area (TPSA) is 55.1 Å². The zero-order valence-corrected chi connectivity index (χ0v) is 16.0. The molecule has 3 aromatic rings. The molecule has 1 unspecified atom stereocenters. The van der Waals surface area contributed by atoms with Crippen LogP contribution in [0.2, 0.25) is 0 Å². The number of amides is 1. The number of rotatable bonds is 6. The van der Waals surface area contributed by atoms with Gasteiger partial charge in [0, 0.05) is 6.54 Å². The van der Waals surface area contributed by atoms with E-state index in [1.165, 1.54) is 16.3 Å². The summed E-state index contributed by atoms with van der Waals surface area (Å²) in [7, 11) is 0. The van der Waals surface area contributed by atoms with Crippen LogP contribution < -0.4 is 11.1 Å². The van der Waals surface area contributed by atoms with Crippen molar-refractivity contribution in [2.24, 2.45) is 11.1 Å². The van der Waals surface area contributed by atoms with E-state index in [1.807, 2.05) is 30.3 Å². The molecule has 1 saturated carbocycles. The highest BCUT2D eigenvalue weighted by atomic mass is 35.5. The van der Waals surface area contributed by atoms with Crippen molar-refractivity contribution in [3.05, 3.63) is 83.9 Å². The number of carbonyl (C=O) groups is 1. The van der Waals surface area contributed by atoms with Crippen LogP contribution in [0, 0.1) is 5.41 Å². The Labute approximate surface area is 166 Å². The van der Waals surface area contributed by atoms with E-state index in [1.54, 1.807) is 0 Å². The minimum Gasteiger partial charge on any atom is -0.348 e. The maximum Gasteiger partial charge on any atom is 0.227 e. The molecule has 1 aliphatic carbocycles. The summed E-state index contributed by atoms with van der Waals surface area (Å²) in [6.07, 6.45) is 2.69. The second-order valence-corrected chi connectivity index (χ2v) is 7.31. The van der Waals surface area contributed by atoms with E-state index in [-0.39, 0.29) is 29.8 Å². The Morgan fingerprint density at radius 1 is 0.963 bits per heavy atom. The van der Waals surface area contributed by atoms with Gasteiger partial charge in [-0.05, 0) is 47.2 Å². The second kappa shape index (κ2) is 8.12. The van der Waals surface area contributed by atoms with Crippen molar-refractivity contribution in [1.82, 2.24) is 5.32 Å². The zero-order chi connectivity index (χ0) is 18.0. The standard InChI is InChI=1S/C23H24N2O.ClH/c24-16-21(20-11-10-18-8-4-5-9-19(18)14-20)25-22(26)23(12-13-23)15-17-6-2-1-3-7-17;/h1-11,14,21H,12-13,15-16,24H2,(H,25,26);1H. The maximum atomic E-state index is 13.0. The summed E-state index contributed by atoms with van der Waals surface area (Å²) >= 11 is 0. The van der Waals surface area contributed by atoms with Crippen molar-refractivity contribution in [2.45, 2.75) is 25.3 Å². The van der Waals surface area contributed by atoms with Crippen molar-refractivity contribution >= 4 is 29.1 Å². The normalized spacial score (nSPS) is 15.6. The summed E-state index contributed by atoms with van der Waals surface area (Å²) < 4.78 is 0. The Morgan fingerprint density at radius 2 is 1.63 bits per heavy atom. The molecule has 0 aromatic heterocycles. The van der Waals surface area contributed by atoms with Gasteiger partial charge in [0.1, 0.15) is 0 Å². The Morgan fingerprint density at radius 3 is 2.30 bits per heavy atom. The predicted molar refractivity (Wildman–Crippen MR) is 113 cm³/mol. The minimum atomic E-state index is -0.258. The van der Waals surface area contributed by atoms with Gasteiger partial charge in [0.05, 0.1) is 11.5 Å². The molecule has 3 aromatic carbocycles. The second-order valence-electron chi connectivity index (χ2n) is 7.31. The first-order valence-electron chi connectivity index (χ1n) is 9.24. The molecule has 0 bridgehead atoms. The fourth-order valence-electron chi connectivity index (χ4n) is 3.64. The molecule has 1 amide bonds. The third kappa shape index (κ3) is 4.15. The van der Waals surface area contributed by atoms with Gasteiger partial charge < -0.3 is 11.1 Å². The van der Waals surface area contributed by atoms with Crippen molar-refractivity contribution in [2.75, 3.05) is 6.54 Å². The van der Waals surface area contributed by atoms with E-state index in [0.29, 0.717) is 6.54 Å². The van der Waals surface area contributed by atoms with Crippen molar-refractivity contribution < 1.29 is 4.79 Å². The number of fused-ring (bicyclic) bond motifs is 1. The van der Waals surface area contributed by atoms with Gasteiger partial charge >= 0.3 is 0 Å². The molecule has 4 rings (SSSR count). The van der Waals surface area contributed by atoms with E-state index in [0.717, 1.165) is 24.8 Å². The van der Waals surface area contributed by atoms with Crippen LogP contribution in [0.5, 0.6) is 0 Å². The lowest BCUT2D eigenvalue weighted by molar-refractivity contribution is -0.127. The molecule has 0 radical (unpaired) electrons. The first-order chi connectivity index (χ1) is 12.7. The molecule has 4 heteroatoms. The highest BCUT2D eigenvalue weighted by Gasteiger charge is 2.49. The van der Waals surface area contributed by atoms with E-state index in [9.17, 15) is 4.79 Å². The molecule has 3 N–H and O–H groups in total. The summed E-state index contributed by atoms with van der Waals surface area (Å²) in [5.41, 5.74) is 8.02. The third-order valence-electron chi connectivity index (χ3n) is 5.44. The summed E-state index contributed by atoms with van der Waals surface area (Å²) in [5.74, 6) is 0.130. The van der Waals surface area contributed by atoms with Crippen LogP contribution in [0.25, 0.3) is 10.8 Å². The lowest BCUT2D eigenvalue weighted by atomic mass is 9.94. The molecule has 0 saturated heterocycles. The predicted octanol–water partition coefficient (Wildman–Crippen LogP) is 4.40. The summed E-state index contributed by atoms with van der Waals surface area (Å²) in [6, 6.07) is 24.6. The van der Waals surface area contributed by atoms with Gasteiger partial charge in [0.2, 0.25) is 5.91 Å². The molecular formula is C23H25ClN2O. The molecule has 0 aliphatic heterocycles. The van der Waals surface area contributed by atoms with E-state index >= 15 is 0 Å². The van der Waals surface area contributed by atoms with Crippen LogP contribution in [0.1, 0.15) is 30.0 Å². The fraction of sp³-hybridized carbons (Fsp3) is 0.261. The molecule has 0 heterocycles. The molecule has 1 atom stereocenters. The number of benzene rings is 3. The Kier molecular flexibility index (Phi) is 5.83. The fourth-order valence-corrected chi connectivity index (χ4v) is 3.64. The number of hydrogen-bond acceptors (Lipinski definition) is 2. The van der Waals surface area contributed by atoms with Gasteiger partial charge in [-0.3, -0.25) is 4.79 Å². The van der Waals surface area contributed by atoms with E-state index in [2.05, 4.69) is 47.8 Å². The molecule has 1 aliphatic rings. The Hall–Kier alpha value is -2.36. The average molecular weight is 381 g/mol. The third-order valence-corrected chi connectivity index (χ3v) is 5.44. The highest BCUT2D eigenvalue weighted by Crippen LogP contribution is 2.49. The molecule has 1 fully saturated rings. The molecule has 27 heavy (non-hydrogen) atoms. The van der Waals surface area contributed by atoms with Crippen molar-refractivity contribution in [3.8, 4) is 0 Å². The van der Waals surface area contributed by atoms with Crippen LogP contribution in [0.3, 0.4) is 0 Å². The van der Waals surface area contributed by atoms with Crippen molar-refractivity contribution in [3.63, 3.8) is 0 Å². The lowest BCUT2D eigenvalue weighted by Crippen LogP contribution is -2.39. The highest BCUT2D eigenvalue weighted by molar-refractivity contribution is 5.87. The summed E-state index contributed by atoms with van der Waals surface area (Å²) in [6.45, 7) is 0.394. The number of halogens is 1. The minimum absolute atomic E-state index is 0. The van der Waals surface area contributed by atoms with Crippen molar-refractivity contribution in [1.29, 1.82) is 0 Å². The SMILES string of the molecule is Cl.NCC(NC(=O)C1(Cc2ccccc2)CC1)c1ccc2ccccc2c1. The van der Waals surface area contributed by atoms with Gasteiger partial charge in [-0.2, -0.15) is 0 Å². The van der Waals surface area contributed by atoms with Gasteiger partial charge in [-0.25, -0.2) is 0 Å². The van der Waals surface area contributed by atoms with Crippen LogP contribution in [0.4, 0.5) is 0 Å². The van der Waals surface area contributed by atoms with Gasteiger partial charge in [0.25, 0.3) is 0 Å². The molecule has 3 nitrogen and oxygen atoms in total. The van der Waals surface area contributed by atoms with E-state index < -0.39 is 0 Å². The van der Waals surface area contributed by atoms with Gasteiger partial charge in [-0.15, -0.1) is 12.4 Å². The quantitative estimate of drug-likeness (QED) is 0.665. The largest absolute Gasteiger partial charge is 0.348 e. The van der Waals surface area contributed by atoms with E-state index in [4.69, 9.17) is 5.73 Å².